The van der Waals surface area contributed by atoms with Gasteiger partial charge < -0.3 is 15.1 Å². The number of carbonyl (C=O) groups excluding carboxylic acids is 3. The molecule has 0 bridgehead atoms. The molecule has 1 aliphatic carbocycles. The number of benzene rings is 1. The van der Waals surface area contributed by atoms with Gasteiger partial charge in [-0.3, -0.25) is 14.5 Å². The smallest absolute Gasteiger partial charge is 0.327 e. The molecule has 2 fully saturated rings. The van der Waals surface area contributed by atoms with Gasteiger partial charge in [-0.1, -0.05) is 37.5 Å². The third kappa shape index (κ3) is 3.77. The summed E-state index contributed by atoms with van der Waals surface area (Å²) in [6.07, 6.45) is 4.35. The van der Waals surface area contributed by atoms with Gasteiger partial charge in [0.2, 0.25) is 5.91 Å². The highest BCUT2D eigenvalue weighted by Crippen LogP contribution is 2.39. The minimum absolute atomic E-state index is 0.210. The minimum atomic E-state index is -0.733. The molecular weight excluding hydrogens is 344 g/mol. The van der Waals surface area contributed by atoms with Gasteiger partial charge in [0, 0.05) is 32.9 Å². The number of hydrogen-bond acceptors (Lipinski definition) is 4. The molecule has 4 amide bonds. The van der Waals surface area contributed by atoms with E-state index in [1.165, 1.54) is 0 Å². The number of hydrogen-bond donors (Lipinski definition) is 1. The van der Waals surface area contributed by atoms with E-state index in [0.29, 0.717) is 25.9 Å². The summed E-state index contributed by atoms with van der Waals surface area (Å²) >= 11 is 0. The average molecular weight is 372 g/mol. The van der Waals surface area contributed by atoms with Crippen LogP contribution in [0.25, 0.3) is 0 Å². The summed E-state index contributed by atoms with van der Waals surface area (Å²) in [6.45, 7) is 0.877. The van der Waals surface area contributed by atoms with Crippen LogP contribution in [0.1, 0.15) is 32.1 Å². The molecule has 0 aromatic heterocycles. The molecule has 146 valence electrons. The lowest BCUT2D eigenvalue weighted by Crippen LogP contribution is -2.49. The summed E-state index contributed by atoms with van der Waals surface area (Å²) in [4.78, 5) is 42.4. The van der Waals surface area contributed by atoms with Crippen molar-refractivity contribution < 1.29 is 14.4 Å². The Morgan fingerprint density at radius 3 is 2.48 bits per heavy atom. The average Bonchev–Trinajstić information content (AvgIpc) is 2.85. The first-order valence-electron chi connectivity index (χ1n) is 9.58. The highest BCUT2D eigenvalue weighted by molar-refractivity contribution is 6.08. The Hall–Kier alpha value is -2.57. The molecule has 0 atom stereocenters. The highest BCUT2D eigenvalue weighted by atomic mass is 16.2. The van der Waals surface area contributed by atoms with Crippen molar-refractivity contribution in [3.63, 3.8) is 0 Å². The molecule has 1 aliphatic heterocycles. The molecule has 0 unspecified atom stereocenters. The van der Waals surface area contributed by atoms with E-state index in [2.05, 4.69) is 5.32 Å². The number of carbonyl (C=O) groups is 3. The lowest BCUT2D eigenvalue weighted by molar-refractivity contribution is -0.137. The van der Waals surface area contributed by atoms with Gasteiger partial charge in [-0.2, -0.15) is 0 Å². The van der Waals surface area contributed by atoms with Gasteiger partial charge in [-0.25, -0.2) is 4.79 Å². The van der Waals surface area contributed by atoms with Crippen LogP contribution in [0.2, 0.25) is 0 Å². The summed E-state index contributed by atoms with van der Waals surface area (Å²) in [5.74, 6) is -0.523. The quantitative estimate of drug-likeness (QED) is 0.774. The van der Waals surface area contributed by atoms with E-state index >= 15 is 0 Å². The summed E-state index contributed by atoms with van der Waals surface area (Å²) in [5.41, 5.74) is 0.334. The van der Waals surface area contributed by atoms with Crippen LogP contribution < -0.4 is 10.2 Å². The van der Waals surface area contributed by atoms with Crippen LogP contribution in [0.5, 0.6) is 0 Å². The SMILES string of the molecule is CN(CCNC(=O)CN1C(=O)N(C)C2(CCCCC2)C1=O)c1ccccc1. The molecule has 1 spiro atoms. The zero-order valence-corrected chi connectivity index (χ0v) is 16.1. The zero-order chi connectivity index (χ0) is 19.4. The topological polar surface area (TPSA) is 73.0 Å². The van der Waals surface area contributed by atoms with E-state index in [-0.39, 0.29) is 24.4 Å². The number of para-hydroxylation sites is 1. The first-order chi connectivity index (χ1) is 13.0. The first kappa shape index (κ1) is 19.2. The monoisotopic (exact) mass is 372 g/mol. The van der Waals surface area contributed by atoms with Crippen LogP contribution >= 0.6 is 0 Å². The van der Waals surface area contributed by atoms with Crippen LogP contribution in [0.3, 0.4) is 0 Å². The molecule has 1 aromatic rings. The van der Waals surface area contributed by atoms with Crippen LogP contribution in [0.4, 0.5) is 10.5 Å². The van der Waals surface area contributed by atoms with Crippen molar-refractivity contribution in [2.24, 2.45) is 0 Å². The minimum Gasteiger partial charge on any atom is -0.373 e. The maximum Gasteiger partial charge on any atom is 0.327 e. The highest BCUT2D eigenvalue weighted by Gasteiger charge is 2.55. The van der Waals surface area contributed by atoms with Crippen molar-refractivity contribution in [3.05, 3.63) is 30.3 Å². The van der Waals surface area contributed by atoms with Crippen LogP contribution in [-0.4, -0.2) is 66.9 Å². The predicted molar refractivity (Wildman–Crippen MR) is 103 cm³/mol. The van der Waals surface area contributed by atoms with Gasteiger partial charge in [0.15, 0.2) is 0 Å². The summed E-state index contributed by atoms with van der Waals surface area (Å²) in [5, 5.41) is 2.81. The molecule has 3 rings (SSSR count). The van der Waals surface area contributed by atoms with E-state index in [1.807, 2.05) is 42.3 Å². The second-order valence-corrected chi connectivity index (χ2v) is 7.43. The summed E-state index contributed by atoms with van der Waals surface area (Å²) in [7, 11) is 3.63. The van der Waals surface area contributed by atoms with Crippen molar-refractivity contribution in [1.82, 2.24) is 15.1 Å². The molecule has 1 N–H and O–H groups in total. The third-order valence-electron chi connectivity index (χ3n) is 5.75. The Morgan fingerprint density at radius 1 is 1.15 bits per heavy atom. The fraction of sp³-hybridized carbons (Fsp3) is 0.550. The summed E-state index contributed by atoms with van der Waals surface area (Å²) in [6, 6.07) is 9.53. The Morgan fingerprint density at radius 2 is 1.81 bits per heavy atom. The van der Waals surface area contributed by atoms with E-state index in [4.69, 9.17) is 0 Å². The second-order valence-electron chi connectivity index (χ2n) is 7.43. The standard InChI is InChI=1S/C20H28N4O3/c1-22(16-9-5-3-6-10-16)14-13-21-17(25)15-24-18(26)20(23(2)19(24)27)11-7-4-8-12-20/h3,5-6,9-10H,4,7-8,11-15H2,1-2H3,(H,21,25). The van der Waals surface area contributed by atoms with Gasteiger partial charge in [0.25, 0.3) is 5.91 Å². The molecule has 0 radical (unpaired) electrons. The molecule has 7 nitrogen and oxygen atoms in total. The van der Waals surface area contributed by atoms with Crippen molar-refractivity contribution in [2.75, 3.05) is 38.6 Å². The number of urea groups is 1. The molecule has 1 saturated carbocycles. The van der Waals surface area contributed by atoms with Crippen molar-refractivity contribution in [1.29, 1.82) is 0 Å². The van der Waals surface area contributed by atoms with Gasteiger partial charge >= 0.3 is 6.03 Å². The van der Waals surface area contributed by atoms with Gasteiger partial charge in [-0.15, -0.1) is 0 Å². The van der Waals surface area contributed by atoms with Crippen molar-refractivity contribution in [3.8, 4) is 0 Å². The number of nitrogens with zero attached hydrogens (tertiary/aromatic N) is 3. The number of likely N-dealkylation sites (N-methyl/N-ethyl adjacent to an activating group) is 2. The lowest BCUT2D eigenvalue weighted by Gasteiger charge is -2.35. The Labute approximate surface area is 160 Å². The van der Waals surface area contributed by atoms with Gasteiger partial charge in [0.1, 0.15) is 12.1 Å². The Kier molecular flexibility index (Phi) is 5.68. The van der Waals surface area contributed by atoms with Crippen molar-refractivity contribution >= 4 is 23.5 Å². The van der Waals surface area contributed by atoms with E-state index in [1.54, 1.807) is 11.9 Å². The maximum atomic E-state index is 12.9. The maximum absolute atomic E-state index is 12.9. The van der Waals surface area contributed by atoms with Crippen molar-refractivity contribution in [2.45, 2.75) is 37.6 Å². The summed E-state index contributed by atoms with van der Waals surface area (Å²) < 4.78 is 0. The fourth-order valence-electron chi connectivity index (χ4n) is 4.05. The number of imide groups is 1. The molecule has 1 heterocycles. The van der Waals surface area contributed by atoms with Crippen LogP contribution in [0.15, 0.2) is 30.3 Å². The number of amides is 4. The number of anilines is 1. The lowest BCUT2D eigenvalue weighted by atomic mass is 9.81. The first-order valence-corrected chi connectivity index (χ1v) is 9.58. The molecule has 7 heteroatoms. The normalized spacial score (nSPS) is 18.9. The molecule has 2 aliphatic rings. The predicted octanol–water partition coefficient (Wildman–Crippen LogP) is 1.84. The zero-order valence-electron chi connectivity index (χ0n) is 16.1. The van der Waals surface area contributed by atoms with Crippen LogP contribution in [0, 0.1) is 0 Å². The largest absolute Gasteiger partial charge is 0.373 e. The number of nitrogens with one attached hydrogen (secondary N) is 1. The van der Waals surface area contributed by atoms with E-state index in [0.717, 1.165) is 29.8 Å². The van der Waals surface area contributed by atoms with E-state index < -0.39 is 5.54 Å². The van der Waals surface area contributed by atoms with E-state index in [9.17, 15) is 14.4 Å². The Bertz CT molecular complexity index is 700. The third-order valence-corrected chi connectivity index (χ3v) is 5.75. The van der Waals surface area contributed by atoms with Crippen LogP contribution in [-0.2, 0) is 9.59 Å². The fourth-order valence-corrected chi connectivity index (χ4v) is 4.05. The number of rotatable bonds is 6. The second kappa shape index (κ2) is 7.98. The molecule has 1 aromatic carbocycles. The molecular formula is C20H28N4O3. The Balaban J connectivity index is 1.52. The van der Waals surface area contributed by atoms with Gasteiger partial charge in [-0.05, 0) is 25.0 Å². The molecule has 27 heavy (non-hydrogen) atoms. The molecule has 1 saturated heterocycles. The van der Waals surface area contributed by atoms with Gasteiger partial charge in [0.05, 0.1) is 0 Å².